The lowest BCUT2D eigenvalue weighted by Gasteiger charge is -2.06. The Hall–Kier alpha value is -4.16. The first-order valence-corrected chi connectivity index (χ1v) is 12.9. The van der Waals surface area contributed by atoms with Gasteiger partial charge in [-0.25, -0.2) is 9.97 Å². The molecule has 0 amide bonds. The van der Waals surface area contributed by atoms with Crippen LogP contribution >= 0.6 is 11.3 Å². The van der Waals surface area contributed by atoms with E-state index in [1.165, 1.54) is 22.1 Å². The highest BCUT2D eigenvalue weighted by Gasteiger charge is 2.14. The Labute approximate surface area is 213 Å². The molecular weight excluding hydrogens is 466 g/mol. The summed E-state index contributed by atoms with van der Waals surface area (Å²) >= 11 is 1.65. The SMILES string of the molecule is c1ccc(-c2ccc3c(-c4nc(COc5ccc(CCCn6ccnc6)cc5)co4)scc3c2)cc1. The first-order valence-electron chi connectivity index (χ1n) is 12.0. The van der Waals surface area contributed by atoms with E-state index in [-0.39, 0.29) is 0 Å². The van der Waals surface area contributed by atoms with Gasteiger partial charge in [0.2, 0.25) is 5.89 Å². The summed E-state index contributed by atoms with van der Waals surface area (Å²) in [6.45, 7) is 1.34. The van der Waals surface area contributed by atoms with Crippen molar-refractivity contribution in [3.05, 3.63) is 114 Å². The first-order chi connectivity index (χ1) is 17.8. The van der Waals surface area contributed by atoms with Crippen LogP contribution < -0.4 is 4.74 Å². The number of hydrogen-bond acceptors (Lipinski definition) is 5. The van der Waals surface area contributed by atoms with Gasteiger partial charge in [0.1, 0.15) is 24.3 Å². The van der Waals surface area contributed by atoms with E-state index in [1.807, 2.05) is 36.9 Å². The second kappa shape index (κ2) is 10.2. The van der Waals surface area contributed by atoms with Crippen LogP contribution in [0, 0.1) is 0 Å². The third-order valence-corrected chi connectivity index (χ3v) is 7.21. The molecule has 6 aromatic rings. The fourth-order valence-corrected chi connectivity index (χ4v) is 5.25. The van der Waals surface area contributed by atoms with Crippen LogP contribution in [0.5, 0.6) is 5.75 Å². The van der Waals surface area contributed by atoms with Crippen molar-refractivity contribution < 1.29 is 9.15 Å². The molecule has 5 nitrogen and oxygen atoms in total. The van der Waals surface area contributed by atoms with Crippen molar-refractivity contribution >= 4 is 22.1 Å². The molecule has 0 aliphatic carbocycles. The lowest BCUT2D eigenvalue weighted by atomic mass is 10.0. The fourth-order valence-electron chi connectivity index (χ4n) is 4.30. The number of oxazole rings is 1. The number of ether oxygens (including phenoxy) is 1. The minimum Gasteiger partial charge on any atom is -0.487 e. The van der Waals surface area contributed by atoms with Gasteiger partial charge >= 0.3 is 0 Å². The molecule has 0 aliphatic rings. The largest absolute Gasteiger partial charge is 0.487 e. The van der Waals surface area contributed by atoms with Gasteiger partial charge in [-0.2, -0.15) is 0 Å². The number of imidazole rings is 1. The van der Waals surface area contributed by atoms with Gasteiger partial charge in [0, 0.05) is 24.3 Å². The van der Waals surface area contributed by atoms with Crippen LogP contribution in [0.1, 0.15) is 17.7 Å². The molecule has 0 spiro atoms. The van der Waals surface area contributed by atoms with Gasteiger partial charge in [-0.1, -0.05) is 54.6 Å². The monoisotopic (exact) mass is 491 g/mol. The number of rotatable bonds is 9. The second-order valence-corrected chi connectivity index (χ2v) is 9.59. The molecule has 3 aromatic heterocycles. The molecule has 0 atom stereocenters. The van der Waals surface area contributed by atoms with Crippen LogP contribution in [-0.2, 0) is 19.6 Å². The highest BCUT2D eigenvalue weighted by atomic mass is 32.1. The molecule has 36 heavy (non-hydrogen) atoms. The van der Waals surface area contributed by atoms with Crippen LogP contribution in [0.3, 0.4) is 0 Å². The zero-order chi connectivity index (χ0) is 24.2. The predicted molar refractivity (Wildman–Crippen MR) is 144 cm³/mol. The summed E-state index contributed by atoms with van der Waals surface area (Å²) in [6, 6.07) is 25.2. The van der Waals surface area contributed by atoms with E-state index in [4.69, 9.17) is 14.1 Å². The van der Waals surface area contributed by atoms with Gasteiger partial charge in [-0.3, -0.25) is 0 Å². The van der Waals surface area contributed by atoms with Crippen molar-refractivity contribution in [1.82, 2.24) is 14.5 Å². The zero-order valence-electron chi connectivity index (χ0n) is 19.7. The van der Waals surface area contributed by atoms with E-state index in [0.29, 0.717) is 12.5 Å². The van der Waals surface area contributed by atoms with Crippen LogP contribution in [0.15, 0.2) is 108 Å². The molecule has 6 heteroatoms. The normalized spacial score (nSPS) is 11.2. The zero-order valence-corrected chi connectivity index (χ0v) is 20.5. The molecule has 3 heterocycles. The molecule has 0 saturated carbocycles. The Morgan fingerprint density at radius 3 is 2.67 bits per heavy atom. The summed E-state index contributed by atoms with van der Waals surface area (Å²) in [5.41, 5.74) is 4.49. The van der Waals surface area contributed by atoms with Crippen LogP contribution in [0.2, 0.25) is 0 Å². The number of aromatic nitrogens is 3. The third-order valence-electron chi connectivity index (χ3n) is 6.20. The highest BCUT2D eigenvalue weighted by Crippen LogP contribution is 2.36. The third kappa shape index (κ3) is 4.95. The molecule has 3 aromatic carbocycles. The number of aryl methyl sites for hydroxylation is 2. The first kappa shape index (κ1) is 22.3. The fraction of sp³-hybridized carbons (Fsp3) is 0.133. The quantitative estimate of drug-likeness (QED) is 0.209. The molecule has 0 N–H and O–H groups in total. The van der Waals surface area contributed by atoms with Gasteiger partial charge < -0.3 is 13.7 Å². The minimum absolute atomic E-state index is 0.366. The maximum Gasteiger partial charge on any atom is 0.237 e. The van der Waals surface area contributed by atoms with Crippen molar-refractivity contribution in [2.24, 2.45) is 0 Å². The Kier molecular flexibility index (Phi) is 6.33. The van der Waals surface area contributed by atoms with Gasteiger partial charge in [0.25, 0.3) is 0 Å². The van der Waals surface area contributed by atoms with Crippen LogP contribution in [0.25, 0.3) is 32.7 Å². The van der Waals surface area contributed by atoms with E-state index in [2.05, 4.69) is 69.5 Å². The van der Waals surface area contributed by atoms with Gasteiger partial charge in [-0.15, -0.1) is 11.3 Å². The number of hydrogen-bond donors (Lipinski definition) is 0. The minimum atomic E-state index is 0.366. The average molecular weight is 492 g/mol. The second-order valence-electron chi connectivity index (χ2n) is 8.71. The van der Waals surface area contributed by atoms with E-state index >= 15 is 0 Å². The van der Waals surface area contributed by atoms with E-state index in [9.17, 15) is 0 Å². The van der Waals surface area contributed by atoms with Crippen molar-refractivity contribution in [2.75, 3.05) is 0 Å². The van der Waals surface area contributed by atoms with Gasteiger partial charge in [0.05, 0.1) is 11.2 Å². The molecule has 0 aliphatic heterocycles. The topological polar surface area (TPSA) is 53.1 Å². The molecule has 0 bridgehead atoms. The summed E-state index contributed by atoms with van der Waals surface area (Å²) in [4.78, 5) is 9.81. The molecule has 0 unspecified atom stereocenters. The Morgan fingerprint density at radius 2 is 1.83 bits per heavy atom. The lowest BCUT2D eigenvalue weighted by molar-refractivity contribution is 0.301. The highest BCUT2D eigenvalue weighted by molar-refractivity contribution is 7.15. The van der Waals surface area contributed by atoms with Crippen molar-refractivity contribution in [2.45, 2.75) is 26.0 Å². The van der Waals surface area contributed by atoms with Gasteiger partial charge in [0.15, 0.2) is 0 Å². The summed E-state index contributed by atoms with van der Waals surface area (Å²) < 4.78 is 13.9. The number of benzene rings is 3. The summed E-state index contributed by atoms with van der Waals surface area (Å²) in [7, 11) is 0. The molecule has 0 radical (unpaired) electrons. The maximum absolute atomic E-state index is 5.96. The average Bonchev–Trinajstić information content (AvgIpc) is 3.69. The number of thiophene rings is 1. The van der Waals surface area contributed by atoms with Crippen LogP contribution in [-0.4, -0.2) is 14.5 Å². The van der Waals surface area contributed by atoms with E-state index in [1.54, 1.807) is 17.6 Å². The Balaban J connectivity index is 1.08. The van der Waals surface area contributed by atoms with E-state index in [0.717, 1.165) is 41.1 Å². The molecule has 0 fully saturated rings. The van der Waals surface area contributed by atoms with Crippen molar-refractivity contribution in [3.8, 4) is 27.6 Å². The van der Waals surface area contributed by atoms with E-state index < -0.39 is 0 Å². The van der Waals surface area contributed by atoms with Gasteiger partial charge in [-0.05, 0) is 58.5 Å². The number of fused-ring (bicyclic) bond motifs is 1. The molecule has 6 rings (SSSR count). The van der Waals surface area contributed by atoms with Crippen molar-refractivity contribution in [3.63, 3.8) is 0 Å². The molecule has 178 valence electrons. The molecular formula is C30H25N3O2S. The maximum atomic E-state index is 5.96. The Bertz CT molecular complexity index is 1550. The lowest BCUT2D eigenvalue weighted by Crippen LogP contribution is -1.98. The van der Waals surface area contributed by atoms with Crippen LogP contribution in [0.4, 0.5) is 0 Å². The summed E-state index contributed by atoms with van der Waals surface area (Å²) in [5.74, 6) is 1.46. The predicted octanol–water partition coefficient (Wildman–Crippen LogP) is 7.63. The molecule has 0 saturated heterocycles. The number of nitrogens with zero attached hydrogens (tertiary/aromatic N) is 3. The standard InChI is InChI=1S/C30H25N3O2S/c1-2-6-23(7-3-1)24-10-13-28-25(17-24)20-36-29(28)30-32-26(19-35-30)18-34-27-11-8-22(9-12-27)5-4-15-33-16-14-31-21-33/h1-3,6-14,16-17,19-21H,4-5,15,18H2. The summed E-state index contributed by atoms with van der Waals surface area (Å²) in [5, 5.41) is 4.50. The Morgan fingerprint density at radius 1 is 0.944 bits per heavy atom. The smallest absolute Gasteiger partial charge is 0.237 e. The summed E-state index contributed by atoms with van der Waals surface area (Å²) in [6.07, 6.45) is 9.44. The van der Waals surface area contributed by atoms with Crippen molar-refractivity contribution in [1.29, 1.82) is 0 Å².